The number of rotatable bonds is 5. The number of hydrogen-bond donors (Lipinski definition) is 2. The lowest BCUT2D eigenvalue weighted by Crippen LogP contribution is -2.62. The van der Waals surface area contributed by atoms with Gasteiger partial charge < -0.3 is 24.9 Å². The van der Waals surface area contributed by atoms with Crippen molar-refractivity contribution in [1.29, 1.82) is 10.5 Å². The summed E-state index contributed by atoms with van der Waals surface area (Å²) < 4.78 is 0. The molecule has 0 unspecified atom stereocenters. The molecule has 1 saturated heterocycles. The minimum Gasteiger partial charge on any atom is -0.394 e. The number of carbonyl (C=O) groups excluding carboxylic acids is 1. The summed E-state index contributed by atoms with van der Waals surface area (Å²) >= 11 is 0. The summed E-state index contributed by atoms with van der Waals surface area (Å²) in [4.78, 5) is 33.0. The summed E-state index contributed by atoms with van der Waals surface area (Å²) in [5.41, 5.74) is -0.330. The van der Waals surface area contributed by atoms with Crippen molar-refractivity contribution in [3.05, 3.63) is 35.8 Å². The lowest BCUT2D eigenvalue weighted by molar-refractivity contribution is -0.146. The second-order valence-electron chi connectivity index (χ2n) is 10.4. The molecule has 11 nitrogen and oxygen atoms in total. The van der Waals surface area contributed by atoms with E-state index in [1.165, 1.54) is 0 Å². The fourth-order valence-electron chi connectivity index (χ4n) is 5.84. The van der Waals surface area contributed by atoms with E-state index < -0.39 is 24.5 Å². The maximum Gasteiger partial charge on any atom is 0.248 e. The van der Waals surface area contributed by atoms with Gasteiger partial charge >= 0.3 is 0 Å². The van der Waals surface area contributed by atoms with Crippen molar-refractivity contribution in [3.8, 4) is 12.1 Å². The molecule has 1 aliphatic carbocycles. The normalized spacial score (nSPS) is 22.3. The van der Waals surface area contributed by atoms with E-state index in [2.05, 4.69) is 25.8 Å². The molecule has 4 heterocycles. The van der Waals surface area contributed by atoms with Gasteiger partial charge in [-0.25, -0.2) is 15.0 Å². The van der Waals surface area contributed by atoms with Crippen molar-refractivity contribution >= 4 is 23.4 Å². The topological polar surface area (TPSA) is 153 Å². The number of aromatic nitrogens is 3. The fourth-order valence-corrected chi connectivity index (χ4v) is 5.84. The van der Waals surface area contributed by atoms with E-state index in [0.29, 0.717) is 24.5 Å². The molecule has 5 rings (SSSR count). The van der Waals surface area contributed by atoms with Gasteiger partial charge in [-0.05, 0) is 38.8 Å². The Morgan fingerprint density at radius 3 is 2.49 bits per heavy atom. The monoisotopic (exact) mass is 502 g/mol. The lowest BCUT2D eigenvalue weighted by atomic mass is 9.66. The first-order valence-corrected chi connectivity index (χ1v) is 12.5. The van der Waals surface area contributed by atoms with Crippen LogP contribution in [0.3, 0.4) is 0 Å². The van der Waals surface area contributed by atoms with Crippen molar-refractivity contribution < 1.29 is 15.0 Å². The Morgan fingerprint density at radius 2 is 1.86 bits per heavy atom. The fraction of sp³-hybridized carbons (Fsp3) is 0.538. The number of nitriles is 2. The highest BCUT2D eigenvalue weighted by Crippen LogP contribution is 2.56. The standard InChI is InChI=1S/C26H30N8O3/c1-17-11-33(24(37)26(12-28,14-35)15-36)18(2)10-32(17)22-21-23(31-16-30-22)34(13-25(21)5-3-6-25)20-8-19(9-27)4-7-29-20/h4,7-8,16-18,35-36H,3,5-6,10-11,13-15H2,1-2H3/t17-,18+/m0/s1. The second kappa shape index (κ2) is 9.25. The van der Waals surface area contributed by atoms with E-state index >= 15 is 0 Å². The predicted molar refractivity (Wildman–Crippen MR) is 134 cm³/mol. The zero-order valence-corrected chi connectivity index (χ0v) is 21.0. The van der Waals surface area contributed by atoms with E-state index in [4.69, 9.17) is 4.98 Å². The first kappa shape index (κ1) is 24.9. The molecule has 3 aliphatic rings. The van der Waals surface area contributed by atoms with Crippen LogP contribution in [0.15, 0.2) is 24.7 Å². The third kappa shape index (κ3) is 3.78. The Balaban J connectivity index is 1.50. The van der Waals surface area contributed by atoms with Crippen LogP contribution in [-0.4, -0.2) is 80.9 Å². The summed E-state index contributed by atoms with van der Waals surface area (Å²) in [6.45, 7) is 3.95. The Labute approximate surface area is 215 Å². The molecule has 2 N–H and O–H groups in total. The molecule has 2 fully saturated rings. The lowest BCUT2D eigenvalue weighted by Gasteiger charge is -2.48. The predicted octanol–water partition coefficient (Wildman–Crippen LogP) is 1.24. The Kier molecular flexibility index (Phi) is 6.22. The van der Waals surface area contributed by atoms with Gasteiger partial charge in [0.25, 0.3) is 0 Å². The van der Waals surface area contributed by atoms with E-state index in [9.17, 15) is 25.5 Å². The first-order chi connectivity index (χ1) is 17.8. The van der Waals surface area contributed by atoms with Gasteiger partial charge in [-0.3, -0.25) is 4.79 Å². The average Bonchev–Trinajstić information content (AvgIpc) is 3.28. The molecule has 11 heteroatoms. The highest BCUT2D eigenvalue weighted by atomic mass is 16.3. The van der Waals surface area contributed by atoms with Crippen LogP contribution in [0.25, 0.3) is 0 Å². The zero-order chi connectivity index (χ0) is 26.4. The summed E-state index contributed by atoms with van der Waals surface area (Å²) in [7, 11) is 0. The second-order valence-corrected chi connectivity index (χ2v) is 10.4. The van der Waals surface area contributed by atoms with E-state index in [0.717, 1.165) is 43.0 Å². The Morgan fingerprint density at radius 1 is 1.14 bits per heavy atom. The summed E-state index contributed by atoms with van der Waals surface area (Å²) in [6.07, 6.45) is 6.32. The van der Waals surface area contributed by atoms with Crippen LogP contribution in [-0.2, 0) is 10.2 Å². The number of piperazine rings is 1. The van der Waals surface area contributed by atoms with Gasteiger partial charge in [-0.1, -0.05) is 6.42 Å². The van der Waals surface area contributed by atoms with E-state index in [1.54, 1.807) is 29.6 Å². The third-order valence-electron chi connectivity index (χ3n) is 8.20. The number of hydrogen-bond acceptors (Lipinski definition) is 10. The van der Waals surface area contributed by atoms with Crippen LogP contribution < -0.4 is 9.80 Å². The number of aliphatic hydroxyl groups is 2. The number of amides is 1. The van der Waals surface area contributed by atoms with Crippen molar-refractivity contribution in [3.63, 3.8) is 0 Å². The molecule has 1 amide bonds. The molecule has 2 aromatic heterocycles. The van der Waals surface area contributed by atoms with Gasteiger partial charge in [0, 0.05) is 48.9 Å². The third-order valence-corrected chi connectivity index (χ3v) is 8.20. The first-order valence-electron chi connectivity index (χ1n) is 12.5. The summed E-state index contributed by atoms with van der Waals surface area (Å²) in [5.74, 6) is 1.77. The number of anilines is 3. The largest absolute Gasteiger partial charge is 0.394 e. The summed E-state index contributed by atoms with van der Waals surface area (Å²) in [6, 6.07) is 7.07. The maximum atomic E-state index is 13.2. The molecule has 0 radical (unpaired) electrons. The molecule has 192 valence electrons. The molecule has 0 bridgehead atoms. The van der Waals surface area contributed by atoms with Crippen LogP contribution in [0.2, 0.25) is 0 Å². The number of aliphatic hydroxyl groups excluding tert-OH is 2. The van der Waals surface area contributed by atoms with Gasteiger partial charge in [-0.15, -0.1) is 0 Å². The smallest absolute Gasteiger partial charge is 0.248 e. The molecule has 2 aromatic rings. The minimum absolute atomic E-state index is 0.101. The van der Waals surface area contributed by atoms with Crippen LogP contribution in [0.5, 0.6) is 0 Å². The van der Waals surface area contributed by atoms with Gasteiger partial charge in [0.15, 0.2) is 5.41 Å². The van der Waals surface area contributed by atoms with Crippen molar-refractivity contribution in [1.82, 2.24) is 19.9 Å². The van der Waals surface area contributed by atoms with E-state index in [1.807, 2.05) is 19.9 Å². The Hall–Kier alpha value is -3.80. The highest BCUT2D eigenvalue weighted by Gasteiger charge is 2.52. The van der Waals surface area contributed by atoms with Crippen LogP contribution in [0, 0.1) is 28.1 Å². The van der Waals surface area contributed by atoms with Gasteiger partial charge in [0.2, 0.25) is 5.91 Å². The molecule has 1 spiro atoms. The summed E-state index contributed by atoms with van der Waals surface area (Å²) in [5, 5.41) is 38.4. The van der Waals surface area contributed by atoms with Gasteiger partial charge in [-0.2, -0.15) is 10.5 Å². The number of fused-ring (bicyclic) bond motifs is 2. The molecular weight excluding hydrogens is 472 g/mol. The average molecular weight is 503 g/mol. The van der Waals surface area contributed by atoms with E-state index in [-0.39, 0.29) is 17.5 Å². The van der Waals surface area contributed by atoms with Crippen molar-refractivity contribution in [2.45, 2.75) is 50.6 Å². The number of pyridine rings is 1. The number of carbonyl (C=O) groups is 1. The van der Waals surface area contributed by atoms with Gasteiger partial charge in [0.1, 0.15) is 23.8 Å². The molecule has 2 aliphatic heterocycles. The quantitative estimate of drug-likeness (QED) is 0.610. The minimum atomic E-state index is -1.85. The van der Waals surface area contributed by atoms with Gasteiger partial charge in [0.05, 0.1) is 30.9 Å². The van der Waals surface area contributed by atoms with Crippen LogP contribution in [0.4, 0.5) is 17.5 Å². The molecule has 37 heavy (non-hydrogen) atoms. The molecule has 1 saturated carbocycles. The maximum absolute atomic E-state index is 13.2. The van der Waals surface area contributed by atoms with Crippen molar-refractivity contribution in [2.24, 2.45) is 5.41 Å². The van der Waals surface area contributed by atoms with Crippen LogP contribution in [0.1, 0.15) is 44.2 Å². The zero-order valence-electron chi connectivity index (χ0n) is 21.0. The van der Waals surface area contributed by atoms with Crippen LogP contribution >= 0.6 is 0 Å². The molecule has 0 aromatic carbocycles. The molecular formula is C26H30N8O3. The number of nitrogens with zero attached hydrogens (tertiary/aromatic N) is 8. The SMILES string of the molecule is C[C@@H]1CN(c2ncnc3c2C2(CCC2)CN3c2cc(C#N)ccn2)[C@@H](C)CN1C(=O)C(C#N)(CO)CO. The van der Waals surface area contributed by atoms with Crippen molar-refractivity contribution in [2.75, 3.05) is 42.6 Å². The highest BCUT2D eigenvalue weighted by molar-refractivity contribution is 5.86. The molecule has 2 atom stereocenters. The Bertz CT molecular complexity index is 1290.